The Labute approximate surface area is 99.3 Å². The molecule has 1 aliphatic carbocycles. The van der Waals surface area contributed by atoms with Crippen LogP contribution in [0.4, 0.5) is 0 Å². The van der Waals surface area contributed by atoms with Crippen molar-refractivity contribution in [1.29, 1.82) is 0 Å². The summed E-state index contributed by atoms with van der Waals surface area (Å²) in [6.07, 6.45) is 9.35. The van der Waals surface area contributed by atoms with E-state index >= 15 is 0 Å². The molecule has 3 heteroatoms. The van der Waals surface area contributed by atoms with Crippen molar-refractivity contribution in [1.82, 2.24) is 4.90 Å². The molecule has 2 fully saturated rings. The molecule has 1 unspecified atom stereocenters. The van der Waals surface area contributed by atoms with Gasteiger partial charge in [0, 0.05) is 19.2 Å². The van der Waals surface area contributed by atoms with E-state index in [2.05, 4.69) is 11.9 Å². The van der Waals surface area contributed by atoms with Crippen LogP contribution >= 0.6 is 0 Å². The van der Waals surface area contributed by atoms with Gasteiger partial charge in [-0.15, -0.1) is 0 Å². The third-order valence-electron chi connectivity index (χ3n) is 4.15. The average Bonchev–Trinajstić information content (AvgIpc) is 2.56. The number of ether oxygens (including phenoxy) is 1. The van der Waals surface area contributed by atoms with Gasteiger partial charge in [-0.05, 0) is 26.3 Å². The minimum Gasteiger partial charge on any atom is -0.379 e. The lowest BCUT2D eigenvalue weighted by molar-refractivity contribution is 0.139. The molecule has 2 rings (SSSR count). The summed E-state index contributed by atoms with van der Waals surface area (Å²) in [5.74, 6) is 0. The second-order valence-corrected chi connectivity index (χ2v) is 5.73. The highest BCUT2D eigenvalue weighted by molar-refractivity contribution is 4.92. The Morgan fingerprint density at radius 2 is 1.94 bits per heavy atom. The summed E-state index contributed by atoms with van der Waals surface area (Å²) < 4.78 is 5.42. The number of rotatable bonds is 3. The lowest BCUT2D eigenvalue weighted by Gasteiger charge is -2.33. The van der Waals surface area contributed by atoms with Crippen molar-refractivity contribution in [2.45, 2.75) is 56.5 Å². The fraction of sp³-hybridized carbons (Fsp3) is 1.00. The van der Waals surface area contributed by atoms with Crippen molar-refractivity contribution >= 4 is 0 Å². The van der Waals surface area contributed by atoms with Gasteiger partial charge in [0.2, 0.25) is 0 Å². The fourth-order valence-corrected chi connectivity index (χ4v) is 3.07. The predicted molar refractivity (Wildman–Crippen MR) is 66.5 cm³/mol. The molecule has 1 saturated carbocycles. The third kappa shape index (κ3) is 3.19. The van der Waals surface area contributed by atoms with Crippen LogP contribution in [-0.4, -0.2) is 43.3 Å². The van der Waals surface area contributed by atoms with Crippen LogP contribution in [0.15, 0.2) is 0 Å². The highest BCUT2D eigenvalue weighted by Crippen LogP contribution is 2.24. The first-order valence-corrected chi connectivity index (χ1v) is 6.76. The van der Waals surface area contributed by atoms with Gasteiger partial charge in [0.05, 0.1) is 12.1 Å². The van der Waals surface area contributed by atoms with E-state index in [1.54, 1.807) is 0 Å². The van der Waals surface area contributed by atoms with Gasteiger partial charge < -0.3 is 15.4 Å². The maximum atomic E-state index is 6.34. The van der Waals surface area contributed by atoms with Crippen LogP contribution in [0.25, 0.3) is 0 Å². The van der Waals surface area contributed by atoms with Gasteiger partial charge in [0.1, 0.15) is 0 Å². The van der Waals surface area contributed by atoms with Gasteiger partial charge in [0.25, 0.3) is 0 Å². The van der Waals surface area contributed by atoms with Crippen molar-refractivity contribution in [3.05, 3.63) is 0 Å². The van der Waals surface area contributed by atoms with Crippen molar-refractivity contribution in [2.75, 3.05) is 26.8 Å². The molecule has 94 valence electrons. The van der Waals surface area contributed by atoms with Crippen LogP contribution in [0, 0.1) is 0 Å². The van der Waals surface area contributed by atoms with E-state index in [1.807, 2.05) is 0 Å². The first-order valence-electron chi connectivity index (χ1n) is 6.76. The number of hydrogen-bond acceptors (Lipinski definition) is 3. The minimum atomic E-state index is -0.0823. The van der Waals surface area contributed by atoms with Gasteiger partial charge >= 0.3 is 0 Å². The molecule has 1 heterocycles. The van der Waals surface area contributed by atoms with E-state index < -0.39 is 0 Å². The molecule has 0 radical (unpaired) electrons. The highest BCUT2D eigenvalue weighted by Gasteiger charge is 2.33. The van der Waals surface area contributed by atoms with Gasteiger partial charge in [-0.2, -0.15) is 0 Å². The Morgan fingerprint density at radius 3 is 2.50 bits per heavy atom. The molecule has 3 nitrogen and oxygen atoms in total. The molecule has 1 atom stereocenters. The zero-order valence-corrected chi connectivity index (χ0v) is 10.6. The van der Waals surface area contributed by atoms with Gasteiger partial charge in [-0.1, -0.05) is 25.7 Å². The summed E-state index contributed by atoms with van der Waals surface area (Å²) in [6, 6.07) is 0.753. The smallest absolute Gasteiger partial charge is 0.0659 e. The summed E-state index contributed by atoms with van der Waals surface area (Å²) in [6.45, 7) is 2.58. The Hall–Kier alpha value is -0.120. The molecule has 0 spiro atoms. The molecule has 0 aromatic rings. The van der Waals surface area contributed by atoms with Crippen LogP contribution in [-0.2, 0) is 4.74 Å². The van der Waals surface area contributed by atoms with Crippen LogP contribution in [0.3, 0.4) is 0 Å². The summed E-state index contributed by atoms with van der Waals surface area (Å²) in [5.41, 5.74) is 6.26. The number of nitrogens with two attached hydrogens (primary N) is 1. The van der Waals surface area contributed by atoms with E-state index in [-0.39, 0.29) is 5.54 Å². The summed E-state index contributed by atoms with van der Waals surface area (Å²) in [5, 5.41) is 0. The van der Waals surface area contributed by atoms with E-state index in [9.17, 15) is 0 Å². The molecule has 16 heavy (non-hydrogen) atoms. The lowest BCUT2D eigenvalue weighted by Crippen LogP contribution is -2.52. The van der Waals surface area contributed by atoms with Gasteiger partial charge in [0.15, 0.2) is 0 Å². The average molecular weight is 226 g/mol. The van der Waals surface area contributed by atoms with Crippen LogP contribution in [0.1, 0.15) is 44.9 Å². The molecule has 0 aromatic carbocycles. The SMILES string of the molecule is CN(CC1(N)CCOC1)C1CCCCCC1. The monoisotopic (exact) mass is 226 g/mol. The second kappa shape index (κ2) is 5.48. The fourth-order valence-electron chi connectivity index (χ4n) is 3.07. The third-order valence-corrected chi connectivity index (χ3v) is 4.15. The quantitative estimate of drug-likeness (QED) is 0.745. The zero-order valence-electron chi connectivity index (χ0n) is 10.6. The van der Waals surface area contributed by atoms with Crippen molar-refractivity contribution in [3.8, 4) is 0 Å². The first-order chi connectivity index (χ1) is 7.70. The molecule has 0 amide bonds. The molecular weight excluding hydrogens is 200 g/mol. The topological polar surface area (TPSA) is 38.5 Å². The van der Waals surface area contributed by atoms with Crippen LogP contribution < -0.4 is 5.73 Å². The van der Waals surface area contributed by atoms with E-state index in [4.69, 9.17) is 10.5 Å². The Bertz CT molecular complexity index is 206. The van der Waals surface area contributed by atoms with Gasteiger partial charge in [-0.25, -0.2) is 0 Å². The largest absolute Gasteiger partial charge is 0.379 e. The standard InChI is InChI=1S/C13H26N2O/c1-15(10-13(14)8-9-16-11-13)12-6-4-2-3-5-7-12/h12H,2-11,14H2,1H3. The van der Waals surface area contributed by atoms with Crippen molar-refractivity contribution < 1.29 is 4.74 Å². The summed E-state index contributed by atoms with van der Waals surface area (Å²) in [4.78, 5) is 2.49. The molecular formula is C13H26N2O. The summed E-state index contributed by atoms with van der Waals surface area (Å²) >= 11 is 0. The van der Waals surface area contributed by atoms with Gasteiger partial charge in [-0.3, -0.25) is 0 Å². The summed E-state index contributed by atoms with van der Waals surface area (Å²) in [7, 11) is 2.24. The van der Waals surface area contributed by atoms with E-state index in [1.165, 1.54) is 38.5 Å². The number of hydrogen-bond donors (Lipinski definition) is 1. The maximum Gasteiger partial charge on any atom is 0.0659 e. The number of nitrogens with zero attached hydrogens (tertiary/aromatic N) is 1. The second-order valence-electron chi connectivity index (χ2n) is 5.73. The molecule has 2 N–H and O–H groups in total. The lowest BCUT2D eigenvalue weighted by atomic mass is 9.97. The minimum absolute atomic E-state index is 0.0823. The molecule has 2 aliphatic rings. The number of likely N-dealkylation sites (N-methyl/N-ethyl adjacent to an activating group) is 1. The Kier molecular flexibility index (Phi) is 4.22. The molecule has 1 saturated heterocycles. The Morgan fingerprint density at radius 1 is 1.25 bits per heavy atom. The Balaban J connectivity index is 1.83. The van der Waals surface area contributed by atoms with Crippen LogP contribution in [0.2, 0.25) is 0 Å². The predicted octanol–water partition coefficient (Wildman–Crippen LogP) is 1.76. The molecule has 0 aromatic heterocycles. The van der Waals surface area contributed by atoms with Crippen LogP contribution in [0.5, 0.6) is 0 Å². The van der Waals surface area contributed by atoms with E-state index in [0.717, 1.165) is 32.2 Å². The zero-order chi connectivity index (χ0) is 11.4. The van der Waals surface area contributed by atoms with Crippen molar-refractivity contribution in [3.63, 3.8) is 0 Å². The first kappa shape index (κ1) is 12.3. The van der Waals surface area contributed by atoms with E-state index in [0.29, 0.717) is 0 Å². The maximum absolute atomic E-state index is 6.34. The molecule has 1 aliphatic heterocycles. The molecule has 0 bridgehead atoms. The normalized spacial score (nSPS) is 33.2. The highest BCUT2D eigenvalue weighted by atomic mass is 16.5. The van der Waals surface area contributed by atoms with Crippen molar-refractivity contribution in [2.24, 2.45) is 5.73 Å².